The number of hydrogen-bond acceptors (Lipinski definition) is 10. The number of nitrogens with zero attached hydrogens (tertiary/aromatic N) is 5. The number of aryl methyl sites for hydroxylation is 1. The number of hydrogen-bond donors (Lipinski definition) is 4. The fourth-order valence-corrected chi connectivity index (χ4v) is 5.02. The van der Waals surface area contributed by atoms with E-state index in [9.17, 15) is 19.8 Å². The van der Waals surface area contributed by atoms with Crippen LogP contribution in [-0.2, 0) is 20.7 Å². The Morgan fingerprint density at radius 2 is 1.95 bits per heavy atom. The molecule has 37 heavy (non-hydrogen) atoms. The summed E-state index contributed by atoms with van der Waals surface area (Å²) in [6.07, 6.45) is 2.65. The van der Waals surface area contributed by atoms with Gasteiger partial charge in [-0.2, -0.15) is 0 Å². The van der Waals surface area contributed by atoms with Gasteiger partial charge in [-0.05, 0) is 51.4 Å². The van der Waals surface area contributed by atoms with Gasteiger partial charge in [0, 0.05) is 26.1 Å². The van der Waals surface area contributed by atoms with Gasteiger partial charge in [-0.1, -0.05) is 0 Å². The van der Waals surface area contributed by atoms with E-state index < -0.39 is 30.4 Å². The summed E-state index contributed by atoms with van der Waals surface area (Å²) in [5.74, 6) is 0.785. The molecule has 13 heteroatoms. The number of ether oxygens (including phenoxy) is 2. The van der Waals surface area contributed by atoms with Crippen molar-refractivity contribution in [3.63, 3.8) is 0 Å². The highest BCUT2D eigenvalue weighted by atomic mass is 16.6. The van der Waals surface area contributed by atoms with Crippen LogP contribution in [0, 0.1) is 5.92 Å². The number of aliphatic hydroxyl groups excluding tert-OH is 2. The van der Waals surface area contributed by atoms with Crippen LogP contribution in [0.3, 0.4) is 0 Å². The molecule has 5 rings (SSSR count). The maximum absolute atomic E-state index is 12.2. The Kier molecular flexibility index (Phi) is 7.45. The van der Waals surface area contributed by atoms with Gasteiger partial charge in [0.25, 0.3) is 5.91 Å². The molecular formula is C24H35N7O6. The zero-order valence-corrected chi connectivity index (χ0v) is 21.0. The first-order chi connectivity index (χ1) is 17.9. The molecule has 0 bridgehead atoms. The second-order valence-corrected chi connectivity index (χ2v) is 10.1. The highest BCUT2D eigenvalue weighted by molar-refractivity contribution is 5.83. The monoisotopic (exact) mass is 517 g/mol. The Morgan fingerprint density at radius 3 is 2.65 bits per heavy atom. The van der Waals surface area contributed by atoms with Gasteiger partial charge in [0.1, 0.15) is 29.7 Å². The van der Waals surface area contributed by atoms with E-state index >= 15 is 0 Å². The van der Waals surface area contributed by atoms with Gasteiger partial charge in [0.15, 0.2) is 23.8 Å². The first-order valence-corrected chi connectivity index (χ1v) is 13.1. The number of amides is 2. The van der Waals surface area contributed by atoms with Crippen molar-refractivity contribution < 1.29 is 29.3 Å². The predicted octanol–water partition coefficient (Wildman–Crippen LogP) is 0.498. The summed E-state index contributed by atoms with van der Waals surface area (Å²) in [6.45, 7) is 3.57. The number of fused-ring (bicyclic) bond motifs is 1. The third kappa shape index (κ3) is 5.48. The van der Waals surface area contributed by atoms with Crippen LogP contribution in [0.2, 0.25) is 0 Å². The molecule has 0 aromatic carbocycles. The zero-order chi connectivity index (χ0) is 26.1. The van der Waals surface area contributed by atoms with Crippen molar-refractivity contribution >= 4 is 29.0 Å². The van der Waals surface area contributed by atoms with Crippen LogP contribution < -0.4 is 11.1 Å². The summed E-state index contributed by atoms with van der Waals surface area (Å²) in [5.41, 5.74) is 6.88. The molecule has 0 spiro atoms. The molecule has 1 saturated carbocycles. The van der Waals surface area contributed by atoms with E-state index in [4.69, 9.17) is 15.2 Å². The quantitative estimate of drug-likeness (QED) is 0.385. The molecule has 5 N–H and O–H groups in total. The zero-order valence-electron chi connectivity index (χ0n) is 21.0. The van der Waals surface area contributed by atoms with E-state index in [0.29, 0.717) is 35.9 Å². The molecule has 202 valence electrons. The first kappa shape index (κ1) is 25.6. The molecule has 2 aromatic heterocycles. The predicted molar refractivity (Wildman–Crippen MR) is 131 cm³/mol. The molecule has 4 atom stereocenters. The number of anilines is 1. The maximum atomic E-state index is 12.2. The molecule has 1 unspecified atom stereocenters. The Morgan fingerprint density at radius 1 is 1.19 bits per heavy atom. The number of nitrogens with two attached hydrogens (primary N) is 1. The molecule has 0 radical (unpaired) electrons. The number of carbonyl (C=O) groups excluding carboxylic acids is 2. The third-order valence-corrected chi connectivity index (χ3v) is 7.29. The van der Waals surface area contributed by atoms with Crippen molar-refractivity contribution in [2.45, 2.75) is 82.5 Å². The van der Waals surface area contributed by atoms with E-state index in [0.717, 1.165) is 51.6 Å². The molecule has 4 heterocycles. The largest absolute Gasteiger partial charge is 0.446 e. The first-order valence-electron chi connectivity index (χ1n) is 13.1. The summed E-state index contributed by atoms with van der Waals surface area (Å²) < 4.78 is 12.6. The van der Waals surface area contributed by atoms with E-state index in [2.05, 4.69) is 20.3 Å². The number of nitrogens with one attached hydrogen (secondary N) is 1. The van der Waals surface area contributed by atoms with Crippen LogP contribution in [0.5, 0.6) is 0 Å². The van der Waals surface area contributed by atoms with Crippen molar-refractivity contribution in [1.29, 1.82) is 0 Å². The number of carbonyl (C=O) groups is 2. The summed E-state index contributed by atoms with van der Waals surface area (Å²) >= 11 is 0. The van der Waals surface area contributed by atoms with Gasteiger partial charge >= 0.3 is 6.09 Å². The minimum atomic E-state index is -1.39. The number of imidazole rings is 1. The second kappa shape index (κ2) is 10.8. The fourth-order valence-electron chi connectivity index (χ4n) is 5.02. The Balaban J connectivity index is 1.19. The Hall–Kier alpha value is -3.03. The van der Waals surface area contributed by atoms with Crippen molar-refractivity contribution in [3.05, 3.63) is 12.2 Å². The van der Waals surface area contributed by atoms with Crippen LogP contribution in [0.1, 0.15) is 57.5 Å². The molecule has 2 saturated heterocycles. The topological polar surface area (TPSA) is 178 Å². The molecule has 3 fully saturated rings. The smallest absolute Gasteiger partial charge is 0.410 e. The molecular weight excluding hydrogens is 482 g/mol. The normalized spacial score (nSPS) is 26.5. The maximum Gasteiger partial charge on any atom is 0.410 e. The van der Waals surface area contributed by atoms with Gasteiger partial charge in [0.2, 0.25) is 0 Å². The molecule has 1 aliphatic carbocycles. The van der Waals surface area contributed by atoms with Gasteiger partial charge in [0.05, 0.1) is 6.33 Å². The van der Waals surface area contributed by atoms with E-state index in [1.165, 1.54) is 10.9 Å². The third-order valence-electron chi connectivity index (χ3n) is 7.29. The lowest BCUT2D eigenvalue weighted by Crippen LogP contribution is -2.42. The molecule has 2 amide bonds. The van der Waals surface area contributed by atoms with Gasteiger partial charge < -0.3 is 35.6 Å². The summed E-state index contributed by atoms with van der Waals surface area (Å²) in [6, 6.07) is 0. The Bertz CT molecular complexity index is 1130. The minimum absolute atomic E-state index is 0.127. The number of piperidine rings is 1. The minimum Gasteiger partial charge on any atom is -0.446 e. The van der Waals surface area contributed by atoms with Crippen LogP contribution >= 0.6 is 0 Å². The highest BCUT2D eigenvalue weighted by Gasteiger charge is 2.47. The van der Waals surface area contributed by atoms with Gasteiger partial charge in [-0.25, -0.2) is 19.7 Å². The highest BCUT2D eigenvalue weighted by Crippen LogP contribution is 2.33. The van der Waals surface area contributed by atoms with Crippen molar-refractivity contribution in [2.24, 2.45) is 5.92 Å². The lowest BCUT2D eigenvalue weighted by atomic mass is 9.91. The second-order valence-electron chi connectivity index (χ2n) is 10.1. The van der Waals surface area contributed by atoms with Crippen molar-refractivity contribution in [1.82, 2.24) is 29.7 Å². The van der Waals surface area contributed by atoms with Crippen LogP contribution in [-0.4, -0.2) is 90.7 Å². The molecule has 2 aromatic rings. The lowest BCUT2D eigenvalue weighted by molar-refractivity contribution is -0.137. The van der Waals surface area contributed by atoms with Crippen LogP contribution in [0.4, 0.5) is 10.6 Å². The fraction of sp³-hybridized carbons (Fsp3) is 0.708. The number of aliphatic hydroxyl groups is 2. The number of likely N-dealkylation sites (tertiary alicyclic amines) is 1. The molecule has 3 aliphatic rings. The van der Waals surface area contributed by atoms with Gasteiger partial charge in [-0.3, -0.25) is 9.36 Å². The lowest BCUT2D eigenvalue weighted by Gasteiger charge is -2.31. The average Bonchev–Trinajstić information content (AvgIpc) is 3.52. The summed E-state index contributed by atoms with van der Waals surface area (Å²) in [7, 11) is 0. The SMILES string of the molecule is CCNC(=O)[C@H]1O[C@@H](n2cnc3c(N)nc(CCCC4CCN(C(=O)OC5CC5)CC4)nc32)[C@@H](O)C1O. The standard InChI is InChI=1S/C24H35N7O6/c1-2-26-22(34)19-17(32)18(33)23(37-19)31-12-27-16-20(25)28-15(29-21(16)31)5-3-4-13-8-10-30(11-9-13)24(35)36-14-6-7-14/h12-14,17-19,23,32-33H,2-11H2,1H3,(H,26,34)(H2,25,28,29)/t17?,18-,19-,23+/m0/s1. The van der Waals surface area contributed by atoms with E-state index in [1.54, 1.807) is 11.8 Å². The van der Waals surface area contributed by atoms with Crippen LogP contribution in [0.25, 0.3) is 11.2 Å². The molecule has 2 aliphatic heterocycles. The van der Waals surface area contributed by atoms with Gasteiger partial charge in [-0.15, -0.1) is 0 Å². The summed E-state index contributed by atoms with van der Waals surface area (Å²) in [5, 5.41) is 23.6. The van der Waals surface area contributed by atoms with Crippen LogP contribution in [0.15, 0.2) is 6.33 Å². The van der Waals surface area contributed by atoms with E-state index in [1.807, 2.05) is 0 Å². The van der Waals surface area contributed by atoms with Crippen molar-refractivity contribution in [3.8, 4) is 0 Å². The summed E-state index contributed by atoms with van der Waals surface area (Å²) in [4.78, 5) is 39.4. The van der Waals surface area contributed by atoms with Crippen molar-refractivity contribution in [2.75, 3.05) is 25.4 Å². The number of aromatic nitrogens is 4. The average molecular weight is 518 g/mol. The number of rotatable bonds is 8. The molecule has 13 nitrogen and oxygen atoms in total. The number of nitrogen functional groups attached to an aromatic ring is 1. The number of likely N-dealkylation sites (N-methyl/N-ethyl adjacent to an activating group) is 1. The Labute approximate surface area is 214 Å². The van der Waals surface area contributed by atoms with E-state index in [-0.39, 0.29) is 18.0 Å².